The summed E-state index contributed by atoms with van der Waals surface area (Å²) in [6.45, 7) is 4.15. The third-order valence-electron chi connectivity index (χ3n) is 4.96. The van der Waals surface area contributed by atoms with E-state index in [0.29, 0.717) is 23.5 Å². The Morgan fingerprint density at radius 1 is 0.966 bits per heavy atom. The summed E-state index contributed by atoms with van der Waals surface area (Å²) in [6.07, 6.45) is 0. The average molecular weight is 387 g/mol. The van der Waals surface area contributed by atoms with Crippen LogP contribution in [0.3, 0.4) is 0 Å². The number of hydrogen-bond acceptors (Lipinski definition) is 2. The van der Waals surface area contributed by atoms with Gasteiger partial charge >= 0.3 is 0 Å². The fourth-order valence-corrected chi connectivity index (χ4v) is 3.51. The molecule has 4 aromatic rings. The van der Waals surface area contributed by atoms with Crippen LogP contribution >= 0.6 is 0 Å². The summed E-state index contributed by atoms with van der Waals surface area (Å²) in [5, 5.41) is 3.07. The van der Waals surface area contributed by atoms with Crippen molar-refractivity contribution in [3.05, 3.63) is 102 Å². The van der Waals surface area contributed by atoms with Crippen molar-refractivity contribution in [2.45, 2.75) is 25.9 Å². The summed E-state index contributed by atoms with van der Waals surface area (Å²) in [7, 11) is 0. The number of para-hydroxylation sites is 2. The van der Waals surface area contributed by atoms with E-state index in [0.717, 1.165) is 11.0 Å². The minimum Gasteiger partial charge on any atom is -0.340 e. The molecule has 0 saturated heterocycles. The molecule has 0 atom stereocenters. The number of carbonyl (C=O) groups is 1. The maximum Gasteiger partial charge on any atom is 0.252 e. The standard InChI is InChI=1S/C24H22FN3O/c1-24(2,27-22(29)17-10-4-3-5-11-17)23-26-20-14-8-9-15-21(20)28(23)16-18-12-6-7-13-19(18)25/h3-15H,16H2,1-2H3,(H,27,29). The van der Waals surface area contributed by atoms with Crippen LogP contribution in [-0.4, -0.2) is 15.5 Å². The van der Waals surface area contributed by atoms with Gasteiger partial charge in [-0.2, -0.15) is 0 Å². The number of carbonyl (C=O) groups excluding carboxylic acids is 1. The fourth-order valence-electron chi connectivity index (χ4n) is 3.51. The highest BCUT2D eigenvalue weighted by molar-refractivity contribution is 5.94. The van der Waals surface area contributed by atoms with Gasteiger partial charge in [0.25, 0.3) is 5.91 Å². The molecule has 1 aromatic heterocycles. The molecule has 0 saturated carbocycles. The van der Waals surface area contributed by atoms with Gasteiger partial charge in [-0.1, -0.05) is 48.5 Å². The number of nitrogens with zero attached hydrogens (tertiary/aromatic N) is 2. The number of aromatic nitrogens is 2. The number of halogens is 1. The van der Waals surface area contributed by atoms with Crippen LogP contribution in [0.1, 0.15) is 35.6 Å². The molecule has 0 aliphatic heterocycles. The minimum absolute atomic E-state index is 0.180. The van der Waals surface area contributed by atoms with Crippen molar-refractivity contribution >= 4 is 16.9 Å². The smallest absolute Gasteiger partial charge is 0.252 e. The lowest BCUT2D eigenvalue weighted by Gasteiger charge is -2.27. The molecule has 1 N–H and O–H groups in total. The third kappa shape index (κ3) is 3.76. The molecule has 0 radical (unpaired) electrons. The minimum atomic E-state index is -0.767. The molecule has 29 heavy (non-hydrogen) atoms. The van der Waals surface area contributed by atoms with E-state index in [1.165, 1.54) is 6.07 Å². The van der Waals surface area contributed by atoms with Crippen LogP contribution < -0.4 is 5.32 Å². The Morgan fingerprint density at radius 3 is 2.38 bits per heavy atom. The van der Waals surface area contributed by atoms with Gasteiger partial charge in [-0.25, -0.2) is 9.37 Å². The Hall–Kier alpha value is -3.47. The molecule has 0 spiro atoms. The quantitative estimate of drug-likeness (QED) is 0.530. The SMILES string of the molecule is CC(C)(NC(=O)c1ccccc1)c1nc2ccccc2n1Cc1ccccc1F. The first kappa shape index (κ1) is 18.9. The van der Waals surface area contributed by atoms with Gasteiger partial charge in [0.05, 0.1) is 23.1 Å². The molecular weight excluding hydrogens is 365 g/mol. The van der Waals surface area contributed by atoms with Gasteiger partial charge in [-0.15, -0.1) is 0 Å². The maximum atomic E-state index is 14.3. The number of imidazole rings is 1. The number of rotatable bonds is 5. The van der Waals surface area contributed by atoms with Gasteiger partial charge in [0.1, 0.15) is 11.6 Å². The molecule has 1 heterocycles. The van der Waals surface area contributed by atoms with E-state index < -0.39 is 5.54 Å². The number of hydrogen-bond donors (Lipinski definition) is 1. The van der Waals surface area contributed by atoms with Gasteiger partial charge in [0.2, 0.25) is 0 Å². The lowest BCUT2D eigenvalue weighted by atomic mass is 10.0. The first-order valence-corrected chi connectivity index (χ1v) is 9.52. The maximum absolute atomic E-state index is 14.3. The molecular formula is C24H22FN3O. The van der Waals surface area contributed by atoms with Gasteiger partial charge in [-0.3, -0.25) is 4.79 Å². The summed E-state index contributed by atoms with van der Waals surface area (Å²) in [5.41, 5.74) is 2.09. The Bertz CT molecular complexity index is 1170. The summed E-state index contributed by atoms with van der Waals surface area (Å²) in [6, 6.07) is 23.5. The molecule has 0 aliphatic rings. The molecule has 3 aromatic carbocycles. The van der Waals surface area contributed by atoms with Crippen molar-refractivity contribution < 1.29 is 9.18 Å². The second-order valence-electron chi connectivity index (χ2n) is 7.55. The molecule has 1 amide bonds. The van der Waals surface area contributed by atoms with E-state index in [9.17, 15) is 9.18 Å². The molecule has 0 bridgehead atoms. The largest absolute Gasteiger partial charge is 0.340 e. The van der Waals surface area contributed by atoms with Crippen LogP contribution in [0.4, 0.5) is 4.39 Å². The van der Waals surface area contributed by atoms with Crippen molar-refractivity contribution in [1.29, 1.82) is 0 Å². The number of fused-ring (bicyclic) bond motifs is 1. The lowest BCUT2D eigenvalue weighted by Crippen LogP contribution is -2.43. The van der Waals surface area contributed by atoms with Crippen molar-refractivity contribution in [2.75, 3.05) is 0 Å². The van der Waals surface area contributed by atoms with Gasteiger partial charge in [0.15, 0.2) is 0 Å². The van der Waals surface area contributed by atoms with Gasteiger partial charge < -0.3 is 9.88 Å². The first-order valence-electron chi connectivity index (χ1n) is 9.52. The third-order valence-corrected chi connectivity index (χ3v) is 4.96. The molecule has 146 valence electrons. The zero-order chi connectivity index (χ0) is 20.4. The number of nitrogens with one attached hydrogen (secondary N) is 1. The molecule has 4 nitrogen and oxygen atoms in total. The van der Waals surface area contributed by atoms with Crippen LogP contribution in [0.5, 0.6) is 0 Å². The monoisotopic (exact) mass is 387 g/mol. The van der Waals surface area contributed by atoms with Gasteiger partial charge in [0, 0.05) is 11.1 Å². The van der Waals surface area contributed by atoms with Crippen LogP contribution in [0.15, 0.2) is 78.9 Å². The fraction of sp³-hybridized carbons (Fsp3) is 0.167. The molecule has 0 aliphatic carbocycles. The second kappa shape index (κ2) is 7.51. The van der Waals surface area contributed by atoms with Crippen molar-refractivity contribution in [1.82, 2.24) is 14.9 Å². The summed E-state index contributed by atoms with van der Waals surface area (Å²) in [5.74, 6) is 0.230. The Kier molecular flexibility index (Phi) is 4.89. The Labute approximate surface area is 169 Å². The number of amides is 1. The normalized spacial score (nSPS) is 11.6. The molecule has 0 fully saturated rings. The van der Waals surface area contributed by atoms with E-state index in [-0.39, 0.29) is 11.7 Å². The van der Waals surface area contributed by atoms with E-state index in [1.807, 2.05) is 66.9 Å². The van der Waals surface area contributed by atoms with E-state index >= 15 is 0 Å². The summed E-state index contributed by atoms with van der Waals surface area (Å²) < 4.78 is 16.3. The average Bonchev–Trinajstić information content (AvgIpc) is 3.10. The zero-order valence-corrected chi connectivity index (χ0v) is 16.4. The zero-order valence-electron chi connectivity index (χ0n) is 16.4. The summed E-state index contributed by atoms with van der Waals surface area (Å²) in [4.78, 5) is 17.5. The van der Waals surface area contributed by atoms with E-state index in [4.69, 9.17) is 4.98 Å². The Balaban J connectivity index is 1.76. The van der Waals surface area contributed by atoms with Crippen molar-refractivity contribution in [2.24, 2.45) is 0 Å². The van der Waals surface area contributed by atoms with Crippen LogP contribution in [0, 0.1) is 5.82 Å². The highest BCUT2D eigenvalue weighted by Crippen LogP contribution is 2.27. The summed E-state index contributed by atoms with van der Waals surface area (Å²) >= 11 is 0. The number of benzene rings is 3. The predicted octanol–water partition coefficient (Wildman–Crippen LogP) is 4.89. The first-order chi connectivity index (χ1) is 14.0. The topological polar surface area (TPSA) is 46.9 Å². The predicted molar refractivity (Wildman–Crippen MR) is 112 cm³/mol. The molecule has 4 rings (SSSR count). The van der Waals surface area contributed by atoms with Crippen molar-refractivity contribution in [3.63, 3.8) is 0 Å². The lowest BCUT2D eigenvalue weighted by molar-refractivity contribution is 0.0907. The van der Waals surface area contributed by atoms with Crippen LogP contribution in [0.25, 0.3) is 11.0 Å². The van der Waals surface area contributed by atoms with Crippen LogP contribution in [0.2, 0.25) is 0 Å². The van der Waals surface area contributed by atoms with Crippen LogP contribution in [-0.2, 0) is 12.1 Å². The highest BCUT2D eigenvalue weighted by atomic mass is 19.1. The van der Waals surface area contributed by atoms with Crippen molar-refractivity contribution in [3.8, 4) is 0 Å². The molecule has 0 unspecified atom stereocenters. The van der Waals surface area contributed by atoms with Gasteiger partial charge in [-0.05, 0) is 44.2 Å². The Morgan fingerprint density at radius 2 is 1.62 bits per heavy atom. The van der Waals surface area contributed by atoms with E-state index in [1.54, 1.807) is 24.3 Å². The van der Waals surface area contributed by atoms with E-state index in [2.05, 4.69) is 5.32 Å². The highest BCUT2D eigenvalue weighted by Gasteiger charge is 2.30. The molecule has 5 heteroatoms. The second-order valence-corrected chi connectivity index (χ2v) is 7.55.